The summed E-state index contributed by atoms with van der Waals surface area (Å²) in [6.45, 7) is 0.233. The van der Waals surface area contributed by atoms with Gasteiger partial charge in [-0.15, -0.1) is 0 Å². The number of methoxy groups -OCH3 is 1. The van der Waals surface area contributed by atoms with Gasteiger partial charge in [-0.2, -0.15) is 0 Å². The predicted molar refractivity (Wildman–Crippen MR) is 79.1 cm³/mol. The van der Waals surface area contributed by atoms with Gasteiger partial charge in [0, 0.05) is 13.0 Å². The molecule has 1 N–H and O–H groups in total. The topological polar surface area (TPSA) is 96.8 Å². The van der Waals surface area contributed by atoms with Gasteiger partial charge in [-0.05, 0) is 18.2 Å². The van der Waals surface area contributed by atoms with Crippen LogP contribution >= 0.6 is 11.3 Å². The molecule has 0 bridgehead atoms. The van der Waals surface area contributed by atoms with E-state index in [9.17, 15) is 14.4 Å². The molecule has 1 aliphatic rings. The molecule has 8 heteroatoms. The molecular weight excluding hydrogens is 308 g/mol. The number of aromatic carboxylic acids is 1. The summed E-state index contributed by atoms with van der Waals surface area (Å²) in [4.78, 5) is 40.4. The van der Waals surface area contributed by atoms with E-state index in [1.165, 1.54) is 35.5 Å². The maximum Gasteiger partial charge on any atom is 0.335 e. The molecule has 0 radical (unpaired) electrons. The van der Waals surface area contributed by atoms with Crippen LogP contribution in [0.1, 0.15) is 16.8 Å². The number of aromatic nitrogens is 1. The van der Waals surface area contributed by atoms with E-state index in [4.69, 9.17) is 5.11 Å². The minimum Gasteiger partial charge on any atom is -0.478 e. The highest BCUT2D eigenvalue weighted by Crippen LogP contribution is 2.33. The van der Waals surface area contributed by atoms with Crippen molar-refractivity contribution in [2.45, 2.75) is 6.42 Å². The third-order valence-corrected chi connectivity index (χ3v) is 4.56. The molecule has 22 heavy (non-hydrogen) atoms. The first-order chi connectivity index (χ1) is 10.5. The number of amides is 1. The third-order valence-electron chi connectivity index (χ3n) is 3.51. The Hall–Kier alpha value is -2.48. The normalized spacial score (nSPS) is 18.0. The van der Waals surface area contributed by atoms with Gasteiger partial charge in [0.1, 0.15) is 0 Å². The number of carbonyl (C=O) groups is 3. The summed E-state index contributed by atoms with van der Waals surface area (Å²) in [5.41, 5.74) is 0.794. The lowest BCUT2D eigenvalue weighted by atomic mass is 10.1. The molecule has 0 saturated carbocycles. The quantitative estimate of drug-likeness (QED) is 0.861. The zero-order valence-electron chi connectivity index (χ0n) is 11.6. The van der Waals surface area contributed by atoms with E-state index in [0.717, 1.165) is 0 Å². The summed E-state index contributed by atoms with van der Waals surface area (Å²) in [7, 11) is 1.29. The highest BCUT2D eigenvalue weighted by Gasteiger charge is 2.37. The van der Waals surface area contributed by atoms with Crippen molar-refractivity contribution in [2.24, 2.45) is 5.92 Å². The first-order valence-corrected chi connectivity index (χ1v) is 7.33. The molecule has 1 saturated heterocycles. The van der Waals surface area contributed by atoms with Gasteiger partial charge >= 0.3 is 11.9 Å². The summed E-state index contributed by atoms with van der Waals surface area (Å²) in [5, 5.41) is 9.46. The minimum absolute atomic E-state index is 0.100. The minimum atomic E-state index is -1.01. The van der Waals surface area contributed by atoms with E-state index < -0.39 is 17.9 Å². The zero-order chi connectivity index (χ0) is 15.9. The van der Waals surface area contributed by atoms with Gasteiger partial charge in [0.15, 0.2) is 5.13 Å². The van der Waals surface area contributed by atoms with Crippen molar-refractivity contribution in [1.29, 1.82) is 0 Å². The molecule has 0 spiro atoms. The van der Waals surface area contributed by atoms with Crippen LogP contribution in [0.3, 0.4) is 0 Å². The SMILES string of the molecule is COC(=O)C1CC(=O)N(c2nc3ccc(C(=O)O)cc3s2)C1. The molecular formula is C14H12N2O5S. The summed E-state index contributed by atoms with van der Waals surface area (Å²) in [6.07, 6.45) is 0.100. The van der Waals surface area contributed by atoms with Crippen molar-refractivity contribution >= 4 is 44.5 Å². The molecule has 7 nitrogen and oxygen atoms in total. The van der Waals surface area contributed by atoms with E-state index in [1.807, 2.05) is 0 Å². The monoisotopic (exact) mass is 320 g/mol. The highest BCUT2D eigenvalue weighted by atomic mass is 32.1. The molecule has 3 rings (SSSR count). The Bertz CT molecular complexity index is 785. The maximum absolute atomic E-state index is 12.0. The van der Waals surface area contributed by atoms with Crippen LogP contribution < -0.4 is 4.90 Å². The molecule has 1 aliphatic heterocycles. The molecule has 1 aromatic carbocycles. The van der Waals surface area contributed by atoms with Gasteiger partial charge < -0.3 is 9.84 Å². The van der Waals surface area contributed by atoms with E-state index in [2.05, 4.69) is 9.72 Å². The van der Waals surface area contributed by atoms with Gasteiger partial charge in [-0.25, -0.2) is 9.78 Å². The van der Waals surface area contributed by atoms with E-state index in [1.54, 1.807) is 6.07 Å². The van der Waals surface area contributed by atoms with Crippen molar-refractivity contribution in [2.75, 3.05) is 18.6 Å². The van der Waals surface area contributed by atoms with Crippen molar-refractivity contribution in [3.63, 3.8) is 0 Å². The van der Waals surface area contributed by atoms with Gasteiger partial charge in [-0.3, -0.25) is 14.5 Å². The van der Waals surface area contributed by atoms with Gasteiger partial charge in [-0.1, -0.05) is 11.3 Å². The number of benzene rings is 1. The lowest BCUT2D eigenvalue weighted by Gasteiger charge is -2.11. The Morgan fingerprint density at radius 1 is 1.45 bits per heavy atom. The Morgan fingerprint density at radius 2 is 2.23 bits per heavy atom. The number of thiazole rings is 1. The smallest absolute Gasteiger partial charge is 0.335 e. The first kappa shape index (κ1) is 14.5. The largest absolute Gasteiger partial charge is 0.478 e. The molecule has 1 amide bonds. The van der Waals surface area contributed by atoms with Crippen LogP contribution in [-0.2, 0) is 14.3 Å². The number of anilines is 1. The van der Waals surface area contributed by atoms with Gasteiger partial charge in [0.05, 0.1) is 28.8 Å². The van der Waals surface area contributed by atoms with Crippen LogP contribution in [0.15, 0.2) is 18.2 Å². The second-order valence-corrected chi connectivity index (χ2v) is 5.92. The summed E-state index contributed by atoms with van der Waals surface area (Å²) < 4.78 is 5.35. The average Bonchev–Trinajstić information content (AvgIpc) is 3.08. The number of hydrogen-bond donors (Lipinski definition) is 1. The zero-order valence-corrected chi connectivity index (χ0v) is 12.4. The lowest BCUT2D eigenvalue weighted by Crippen LogP contribution is -2.25. The fourth-order valence-corrected chi connectivity index (χ4v) is 3.41. The standard InChI is InChI=1S/C14H12N2O5S/c1-21-13(20)8-5-11(17)16(6-8)14-15-9-3-2-7(12(18)19)4-10(9)22-14/h2-4,8H,5-6H2,1H3,(H,18,19). The van der Waals surface area contributed by atoms with Crippen LogP contribution in [0.25, 0.3) is 10.2 Å². The van der Waals surface area contributed by atoms with Crippen LogP contribution in [0.5, 0.6) is 0 Å². The molecule has 114 valence electrons. The molecule has 1 fully saturated rings. The van der Waals surface area contributed by atoms with Crippen LogP contribution in [0.2, 0.25) is 0 Å². The van der Waals surface area contributed by atoms with Gasteiger partial charge in [0.25, 0.3) is 0 Å². The number of fused-ring (bicyclic) bond motifs is 1. The van der Waals surface area contributed by atoms with E-state index in [0.29, 0.717) is 15.3 Å². The predicted octanol–water partition coefficient (Wildman–Crippen LogP) is 1.52. The number of hydrogen-bond acceptors (Lipinski definition) is 6. The molecule has 0 aliphatic carbocycles. The van der Waals surface area contributed by atoms with Crippen LogP contribution in [0.4, 0.5) is 5.13 Å². The fourth-order valence-electron chi connectivity index (χ4n) is 2.38. The molecule has 1 aromatic heterocycles. The summed E-state index contributed by atoms with van der Waals surface area (Å²) >= 11 is 1.23. The second-order valence-electron chi connectivity index (χ2n) is 4.91. The summed E-state index contributed by atoms with van der Waals surface area (Å²) in [6, 6.07) is 4.60. The number of carboxylic acid groups (broad SMARTS) is 1. The van der Waals surface area contributed by atoms with Crippen molar-refractivity contribution < 1.29 is 24.2 Å². The average molecular weight is 320 g/mol. The first-order valence-electron chi connectivity index (χ1n) is 6.51. The van der Waals surface area contributed by atoms with Crippen molar-refractivity contribution in [3.05, 3.63) is 23.8 Å². The third kappa shape index (κ3) is 2.41. The molecule has 1 atom stereocenters. The molecule has 1 unspecified atom stereocenters. The van der Waals surface area contributed by atoms with E-state index in [-0.39, 0.29) is 24.4 Å². The summed E-state index contributed by atoms with van der Waals surface area (Å²) in [5.74, 6) is -2.10. The number of rotatable bonds is 3. The lowest BCUT2D eigenvalue weighted by molar-refractivity contribution is -0.145. The van der Waals surface area contributed by atoms with Crippen LogP contribution in [-0.4, -0.2) is 41.6 Å². The van der Waals surface area contributed by atoms with Crippen molar-refractivity contribution in [3.8, 4) is 0 Å². The number of carbonyl (C=O) groups excluding carboxylic acids is 2. The molecule has 2 aromatic rings. The second kappa shape index (κ2) is 5.38. The molecule has 2 heterocycles. The van der Waals surface area contributed by atoms with E-state index >= 15 is 0 Å². The fraction of sp³-hybridized carbons (Fsp3) is 0.286. The van der Waals surface area contributed by atoms with Crippen LogP contribution in [0, 0.1) is 5.92 Å². The Balaban J connectivity index is 1.92. The number of ether oxygens (including phenoxy) is 1. The Kier molecular flexibility index (Phi) is 3.53. The Labute approximate surface area is 129 Å². The number of carboxylic acids is 1. The highest BCUT2D eigenvalue weighted by molar-refractivity contribution is 7.22. The number of nitrogens with zero attached hydrogens (tertiary/aromatic N) is 2. The van der Waals surface area contributed by atoms with Gasteiger partial charge in [0.2, 0.25) is 5.91 Å². The maximum atomic E-state index is 12.0. The van der Waals surface area contributed by atoms with Crippen molar-refractivity contribution in [1.82, 2.24) is 4.98 Å². The number of esters is 1. The Morgan fingerprint density at radius 3 is 2.91 bits per heavy atom.